The average molecular weight is 743 g/mol. The molecule has 9 aromatic carbocycles. The summed E-state index contributed by atoms with van der Waals surface area (Å²) in [4.78, 5) is 10.6. The molecule has 0 aliphatic heterocycles. The normalized spacial score (nSPS) is 11.5. The fourth-order valence-corrected chi connectivity index (χ4v) is 9.25. The summed E-state index contributed by atoms with van der Waals surface area (Å²) in [6.07, 6.45) is 0. The monoisotopic (exact) mass is 742 g/mol. The maximum absolute atomic E-state index is 5.32. The summed E-state index contributed by atoms with van der Waals surface area (Å²) in [5, 5.41) is 7.48. The van der Waals surface area contributed by atoms with E-state index < -0.39 is 0 Å². The van der Waals surface area contributed by atoms with Crippen LogP contribution >= 0.6 is 11.3 Å². The Morgan fingerprint density at radius 2 is 0.860 bits per heavy atom. The molecule has 11 rings (SSSR count). The molecule has 2 heterocycles. The topological polar surface area (TPSA) is 25.8 Å². The molecule has 0 saturated heterocycles. The number of hydrogen-bond donors (Lipinski definition) is 0. The van der Waals surface area contributed by atoms with E-state index in [1.807, 2.05) is 17.4 Å². The van der Waals surface area contributed by atoms with Crippen molar-refractivity contribution >= 4 is 53.1 Å². The fourth-order valence-electron chi connectivity index (χ4n) is 8.17. The van der Waals surface area contributed by atoms with Crippen LogP contribution in [-0.2, 0) is 0 Å². The predicted molar refractivity (Wildman–Crippen MR) is 243 cm³/mol. The van der Waals surface area contributed by atoms with Gasteiger partial charge < -0.3 is 0 Å². The summed E-state index contributed by atoms with van der Waals surface area (Å²) in [6, 6.07) is 74.2. The zero-order valence-corrected chi connectivity index (χ0v) is 31.7. The molecule has 0 radical (unpaired) electrons. The number of nitrogens with zero attached hydrogens (tertiary/aromatic N) is 2. The van der Waals surface area contributed by atoms with Crippen LogP contribution in [0, 0.1) is 0 Å². The second-order valence-corrected chi connectivity index (χ2v) is 15.7. The van der Waals surface area contributed by atoms with E-state index >= 15 is 0 Å². The van der Waals surface area contributed by atoms with Gasteiger partial charge in [-0.3, -0.25) is 0 Å². The first-order valence-electron chi connectivity index (χ1n) is 19.3. The smallest absolute Gasteiger partial charge is 0.160 e. The van der Waals surface area contributed by atoms with Gasteiger partial charge in [-0.15, -0.1) is 11.3 Å². The van der Waals surface area contributed by atoms with Crippen LogP contribution in [-0.4, -0.2) is 9.97 Å². The van der Waals surface area contributed by atoms with Crippen molar-refractivity contribution in [1.82, 2.24) is 9.97 Å². The molecule has 0 spiro atoms. The van der Waals surface area contributed by atoms with Crippen molar-refractivity contribution in [3.63, 3.8) is 0 Å². The summed E-state index contributed by atoms with van der Waals surface area (Å²) in [7, 11) is 0. The molecular formula is C54H34N2S. The molecule has 0 atom stereocenters. The molecule has 0 aliphatic carbocycles. The van der Waals surface area contributed by atoms with Crippen molar-refractivity contribution in [2.24, 2.45) is 0 Å². The van der Waals surface area contributed by atoms with Gasteiger partial charge in [0.15, 0.2) is 5.82 Å². The zero-order valence-electron chi connectivity index (χ0n) is 30.9. The van der Waals surface area contributed by atoms with Crippen molar-refractivity contribution in [3.05, 3.63) is 206 Å². The van der Waals surface area contributed by atoms with Gasteiger partial charge in [0.25, 0.3) is 0 Å². The third kappa shape index (κ3) is 6.15. The van der Waals surface area contributed by atoms with Crippen LogP contribution in [0.4, 0.5) is 0 Å². The first kappa shape index (κ1) is 33.2. The first-order valence-corrected chi connectivity index (χ1v) is 20.1. The predicted octanol–water partition coefficient (Wildman–Crippen LogP) is 15.2. The van der Waals surface area contributed by atoms with Crippen molar-refractivity contribution in [2.45, 2.75) is 0 Å². The quantitative estimate of drug-likeness (QED) is 0.170. The van der Waals surface area contributed by atoms with Gasteiger partial charge in [-0.2, -0.15) is 0 Å². The summed E-state index contributed by atoms with van der Waals surface area (Å²) >= 11 is 1.85. The molecule has 57 heavy (non-hydrogen) atoms. The van der Waals surface area contributed by atoms with Gasteiger partial charge in [-0.1, -0.05) is 152 Å². The molecule has 0 bridgehead atoms. The standard InChI is InChI=1S/C54H34N2S/c1-2-14-37(15-3-1)54-55-50(42-19-10-18-39(29-42)40-25-24-35-12-4-5-16-38(35)28-40)34-51(56-54)45-31-43(30-44(32-45)47-22-11-17-36-13-6-7-20-46(36)47)41-26-27-53-49(33-41)48-21-8-9-23-52(48)57-53/h1-34H. The van der Waals surface area contributed by atoms with Crippen molar-refractivity contribution in [1.29, 1.82) is 0 Å². The highest BCUT2D eigenvalue weighted by Gasteiger charge is 2.16. The van der Waals surface area contributed by atoms with Crippen molar-refractivity contribution in [2.75, 3.05) is 0 Å². The van der Waals surface area contributed by atoms with E-state index in [1.54, 1.807) is 0 Å². The van der Waals surface area contributed by atoms with Crippen LogP contribution in [0.2, 0.25) is 0 Å². The molecule has 0 amide bonds. The number of aromatic nitrogens is 2. The van der Waals surface area contributed by atoms with Crippen LogP contribution in [0.1, 0.15) is 0 Å². The number of rotatable bonds is 6. The van der Waals surface area contributed by atoms with E-state index in [2.05, 4.69) is 200 Å². The lowest BCUT2D eigenvalue weighted by molar-refractivity contribution is 1.18. The van der Waals surface area contributed by atoms with Crippen LogP contribution in [0.3, 0.4) is 0 Å². The Bertz CT molecular complexity index is 3300. The Hall–Kier alpha value is -7.20. The van der Waals surface area contributed by atoms with Crippen molar-refractivity contribution in [3.8, 4) is 67.3 Å². The zero-order chi connectivity index (χ0) is 37.7. The minimum Gasteiger partial charge on any atom is -0.228 e. The molecule has 2 nitrogen and oxygen atoms in total. The minimum atomic E-state index is 0.697. The maximum atomic E-state index is 5.32. The maximum Gasteiger partial charge on any atom is 0.160 e. The highest BCUT2D eigenvalue weighted by atomic mass is 32.1. The molecule has 0 saturated carbocycles. The summed E-state index contributed by atoms with van der Waals surface area (Å²) < 4.78 is 2.60. The van der Waals surface area contributed by atoms with Crippen molar-refractivity contribution < 1.29 is 0 Å². The van der Waals surface area contributed by atoms with Gasteiger partial charge in [-0.05, 0) is 110 Å². The second kappa shape index (κ2) is 13.8. The van der Waals surface area contributed by atoms with E-state index in [0.29, 0.717) is 5.82 Å². The largest absolute Gasteiger partial charge is 0.228 e. The van der Waals surface area contributed by atoms with Gasteiger partial charge in [0.2, 0.25) is 0 Å². The highest BCUT2D eigenvalue weighted by Crippen LogP contribution is 2.40. The molecular weight excluding hydrogens is 709 g/mol. The molecule has 0 aliphatic rings. The van der Waals surface area contributed by atoms with Gasteiger partial charge in [0.1, 0.15) is 0 Å². The van der Waals surface area contributed by atoms with Crippen LogP contribution in [0.25, 0.3) is 109 Å². The number of thiophene rings is 1. The summed E-state index contributed by atoms with van der Waals surface area (Å²) in [5.41, 5.74) is 11.8. The Morgan fingerprint density at radius 1 is 0.281 bits per heavy atom. The Balaban J connectivity index is 1.12. The molecule has 0 unspecified atom stereocenters. The number of fused-ring (bicyclic) bond motifs is 5. The second-order valence-electron chi connectivity index (χ2n) is 14.6. The molecule has 3 heteroatoms. The fraction of sp³-hybridized carbons (Fsp3) is 0. The molecule has 0 fully saturated rings. The third-order valence-electron chi connectivity index (χ3n) is 11.0. The van der Waals surface area contributed by atoms with E-state index in [9.17, 15) is 0 Å². The van der Waals surface area contributed by atoms with Crippen LogP contribution in [0.15, 0.2) is 206 Å². The lowest BCUT2D eigenvalue weighted by atomic mass is 9.91. The lowest BCUT2D eigenvalue weighted by Crippen LogP contribution is -1.97. The Kier molecular flexibility index (Phi) is 8.04. The number of hydrogen-bond acceptors (Lipinski definition) is 3. The summed E-state index contributed by atoms with van der Waals surface area (Å²) in [5.74, 6) is 0.697. The molecule has 0 N–H and O–H groups in total. The van der Waals surface area contributed by atoms with E-state index in [4.69, 9.17) is 9.97 Å². The number of benzene rings is 9. The van der Waals surface area contributed by atoms with Gasteiger partial charge >= 0.3 is 0 Å². The molecule has 2 aromatic heterocycles. The Morgan fingerprint density at radius 3 is 1.75 bits per heavy atom. The van der Waals surface area contributed by atoms with Gasteiger partial charge in [0.05, 0.1) is 11.4 Å². The SMILES string of the molecule is c1ccc(-c2nc(-c3cccc(-c4ccc5ccccc5c4)c3)cc(-c3cc(-c4ccc5sc6ccccc6c5c4)cc(-c4cccc5ccccc45)c3)n2)cc1. The summed E-state index contributed by atoms with van der Waals surface area (Å²) in [6.45, 7) is 0. The minimum absolute atomic E-state index is 0.697. The van der Waals surface area contributed by atoms with E-state index in [-0.39, 0.29) is 0 Å². The lowest BCUT2D eigenvalue weighted by Gasteiger charge is -2.15. The van der Waals surface area contributed by atoms with E-state index in [0.717, 1.165) is 44.8 Å². The van der Waals surface area contributed by atoms with E-state index in [1.165, 1.54) is 58.4 Å². The van der Waals surface area contributed by atoms with Crippen LogP contribution < -0.4 is 0 Å². The first-order chi connectivity index (χ1) is 28.2. The van der Waals surface area contributed by atoms with Gasteiger partial charge in [0, 0.05) is 36.9 Å². The van der Waals surface area contributed by atoms with Crippen LogP contribution in [0.5, 0.6) is 0 Å². The Labute approximate surface area is 335 Å². The molecule has 266 valence electrons. The van der Waals surface area contributed by atoms with Gasteiger partial charge in [-0.25, -0.2) is 9.97 Å². The average Bonchev–Trinajstić information content (AvgIpc) is 3.67. The molecule has 11 aromatic rings. The third-order valence-corrected chi connectivity index (χ3v) is 12.2. The highest BCUT2D eigenvalue weighted by molar-refractivity contribution is 7.25.